The minimum atomic E-state index is -0.707. The molecule has 3 rings (SSSR count). The quantitative estimate of drug-likeness (QED) is 0.859. The number of carboxylic acids is 1. The minimum absolute atomic E-state index is 0.162. The summed E-state index contributed by atoms with van der Waals surface area (Å²) in [6, 6.07) is 2.06. The molecule has 2 atom stereocenters. The largest absolute Gasteiger partial charge is 0.481 e. The van der Waals surface area contributed by atoms with Crippen LogP contribution in [0.3, 0.4) is 0 Å². The van der Waals surface area contributed by atoms with Crippen molar-refractivity contribution in [1.29, 1.82) is 0 Å². The SMILES string of the molecule is Cc1cc(N[C@H]2CC[C@@H](C(=O)O)C2)n2ncnc2n1. The summed E-state index contributed by atoms with van der Waals surface area (Å²) >= 11 is 0. The first kappa shape index (κ1) is 11.9. The van der Waals surface area contributed by atoms with Gasteiger partial charge in [0.05, 0.1) is 5.92 Å². The Morgan fingerprint density at radius 2 is 2.37 bits per heavy atom. The first-order chi connectivity index (χ1) is 9.13. The third kappa shape index (κ3) is 2.23. The molecule has 0 unspecified atom stereocenters. The van der Waals surface area contributed by atoms with Crippen molar-refractivity contribution in [2.45, 2.75) is 32.2 Å². The fraction of sp³-hybridized carbons (Fsp3) is 0.500. The van der Waals surface area contributed by atoms with Gasteiger partial charge in [-0.1, -0.05) is 0 Å². The molecule has 0 spiro atoms. The highest BCUT2D eigenvalue weighted by Gasteiger charge is 2.30. The number of aromatic nitrogens is 4. The Balaban J connectivity index is 1.82. The Morgan fingerprint density at radius 3 is 3.11 bits per heavy atom. The standard InChI is InChI=1S/C12H15N5O2/c1-7-4-10(17-12(15-7)13-6-14-17)16-9-3-2-8(5-9)11(18)19/h4,6,8-9,16H,2-3,5H2,1H3,(H,18,19)/t8-,9+/m1/s1. The van der Waals surface area contributed by atoms with Crippen LogP contribution in [-0.2, 0) is 4.79 Å². The summed E-state index contributed by atoms with van der Waals surface area (Å²) in [6.45, 7) is 1.90. The zero-order valence-corrected chi connectivity index (χ0v) is 10.6. The third-order valence-electron chi connectivity index (χ3n) is 3.51. The molecule has 2 aromatic heterocycles. The van der Waals surface area contributed by atoms with Gasteiger partial charge in [-0.3, -0.25) is 4.79 Å². The Bertz CT molecular complexity index is 624. The molecule has 1 aliphatic carbocycles. The van der Waals surface area contributed by atoms with E-state index in [2.05, 4.69) is 20.4 Å². The molecule has 2 N–H and O–H groups in total. The van der Waals surface area contributed by atoms with Crippen molar-refractivity contribution in [2.24, 2.45) is 5.92 Å². The van der Waals surface area contributed by atoms with E-state index in [0.717, 1.165) is 24.4 Å². The second-order valence-corrected chi connectivity index (χ2v) is 4.94. The number of aryl methyl sites for hydroxylation is 1. The monoisotopic (exact) mass is 261 g/mol. The van der Waals surface area contributed by atoms with E-state index in [4.69, 9.17) is 5.11 Å². The van der Waals surface area contributed by atoms with Crippen LogP contribution in [0.4, 0.5) is 5.82 Å². The van der Waals surface area contributed by atoms with E-state index in [1.165, 1.54) is 6.33 Å². The Kier molecular flexibility index (Phi) is 2.81. The summed E-state index contributed by atoms with van der Waals surface area (Å²) < 4.78 is 1.64. The molecule has 0 bridgehead atoms. The molecule has 0 amide bonds. The van der Waals surface area contributed by atoms with Gasteiger partial charge in [0.25, 0.3) is 5.78 Å². The van der Waals surface area contributed by atoms with Gasteiger partial charge in [0.2, 0.25) is 0 Å². The van der Waals surface area contributed by atoms with E-state index in [1.54, 1.807) is 4.52 Å². The molecule has 0 aromatic carbocycles. The van der Waals surface area contributed by atoms with Gasteiger partial charge in [-0.05, 0) is 26.2 Å². The highest BCUT2D eigenvalue weighted by molar-refractivity contribution is 5.70. The molecule has 7 nitrogen and oxygen atoms in total. The molecule has 1 saturated carbocycles. The number of nitrogens with one attached hydrogen (secondary N) is 1. The van der Waals surface area contributed by atoms with Crippen molar-refractivity contribution in [3.05, 3.63) is 18.1 Å². The predicted molar refractivity (Wildman–Crippen MR) is 67.9 cm³/mol. The molecule has 19 heavy (non-hydrogen) atoms. The zero-order valence-electron chi connectivity index (χ0n) is 10.6. The molecule has 2 aromatic rings. The smallest absolute Gasteiger partial charge is 0.306 e. The van der Waals surface area contributed by atoms with Crippen molar-refractivity contribution in [3.63, 3.8) is 0 Å². The lowest BCUT2D eigenvalue weighted by atomic mass is 10.1. The van der Waals surface area contributed by atoms with Crippen molar-refractivity contribution < 1.29 is 9.90 Å². The summed E-state index contributed by atoms with van der Waals surface area (Å²) in [5.74, 6) is 0.416. The summed E-state index contributed by atoms with van der Waals surface area (Å²) in [7, 11) is 0. The van der Waals surface area contributed by atoms with Crippen LogP contribution in [0.2, 0.25) is 0 Å². The van der Waals surface area contributed by atoms with Crippen LogP contribution in [0.25, 0.3) is 5.78 Å². The zero-order chi connectivity index (χ0) is 13.4. The van der Waals surface area contributed by atoms with E-state index >= 15 is 0 Å². The molecular weight excluding hydrogens is 246 g/mol. The Labute approximate surface area is 109 Å². The van der Waals surface area contributed by atoms with E-state index in [0.29, 0.717) is 12.2 Å². The van der Waals surface area contributed by atoms with Crippen LogP contribution < -0.4 is 5.32 Å². The van der Waals surface area contributed by atoms with Gasteiger partial charge in [0.15, 0.2) is 0 Å². The maximum Gasteiger partial charge on any atom is 0.306 e. The number of carboxylic acid groups (broad SMARTS) is 1. The molecule has 100 valence electrons. The highest BCUT2D eigenvalue weighted by atomic mass is 16.4. The molecule has 7 heteroatoms. The normalized spacial score (nSPS) is 22.8. The van der Waals surface area contributed by atoms with Crippen molar-refractivity contribution in [1.82, 2.24) is 19.6 Å². The van der Waals surface area contributed by atoms with Gasteiger partial charge in [0, 0.05) is 17.8 Å². The minimum Gasteiger partial charge on any atom is -0.481 e. The van der Waals surface area contributed by atoms with Gasteiger partial charge in [-0.2, -0.15) is 14.6 Å². The molecule has 0 aliphatic heterocycles. The molecular formula is C12H15N5O2. The van der Waals surface area contributed by atoms with E-state index in [-0.39, 0.29) is 12.0 Å². The van der Waals surface area contributed by atoms with Crippen LogP contribution in [0.1, 0.15) is 25.0 Å². The molecule has 2 heterocycles. The number of hydrogen-bond acceptors (Lipinski definition) is 5. The number of rotatable bonds is 3. The molecule has 1 fully saturated rings. The van der Waals surface area contributed by atoms with Gasteiger partial charge in [-0.25, -0.2) is 4.98 Å². The van der Waals surface area contributed by atoms with E-state index < -0.39 is 5.97 Å². The lowest BCUT2D eigenvalue weighted by Gasteiger charge is -2.14. The van der Waals surface area contributed by atoms with Crippen LogP contribution in [0.5, 0.6) is 0 Å². The number of aliphatic carboxylic acids is 1. The van der Waals surface area contributed by atoms with Crippen molar-refractivity contribution >= 4 is 17.6 Å². The van der Waals surface area contributed by atoms with E-state index in [1.807, 2.05) is 13.0 Å². The summed E-state index contributed by atoms with van der Waals surface area (Å²) in [5.41, 5.74) is 0.857. The van der Waals surface area contributed by atoms with Crippen LogP contribution in [0.15, 0.2) is 12.4 Å². The van der Waals surface area contributed by atoms with Gasteiger partial charge in [-0.15, -0.1) is 0 Å². The van der Waals surface area contributed by atoms with Gasteiger partial charge in [0.1, 0.15) is 12.1 Å². The van der Waals surface area contributed by atoms with Crippen LogP contribution in [-0.4, -0.2) is 36.7 Å². The summed E-state index contributed by atoms with van der Waals surface area (Å²) in [6.07, 6.45) is 3.68. The van der Waals surface area contributed by atoms with Crippen molar-refractivity contribution in [2.75, 3.05) is 5.32 Å². The third-order valence-corrected chi connectivity index (χ3v) is 3.51. The molecule has 0 radical (unpaired) electrons. The van der Waals surface area contributed by atoms with Gasteiger partial charge >= 0.3 is 5.97 Å². The molecule has 0 saturated heterocycles. The lowest BCUT2D eigenvalue weighted by molar-refractivity contribution is -0.141. The fourth-order valence-electron chi connectivity index (χ4n) is 2.58. The van der Waals surface area contributed by atoms with E-state index in [9.17, 15) is 4.79 Å². The maximum atomic E-state index is 11.0. The van der Waals surface area contributed by atoms with Gasteiger partial charge < -0.3 is 10.4 Å². The Hall–Kier alpha value is -2.18. The van der Waals surface area contributed by atoms with Crippen molar-refractivity contribution in [3.8, 4) is 0 Å². The second-order valence-electron chi connectivity index (χ2n) is 4.94. The topological polar surface area (TPSA) is 92.4 Å². The molecule has 1 aliphatic rings. The average Bonchev–Trinajstić information content (AvgIpc) is 2.96. The fourth-order valence-corrected chi connectivity index (χ4v) is 2.58. The lowest BCUT2D eigenvalue weighted by Crippen LogP contribution is -2.20. The predicted octanol–water partition coefficient (Wildman–Crippen LogP) is 1.10. The average molecular weight is 261 g/mol. The first-order valence-corrected chi connectivity index (χ1v) is 6.30. The summed E-state index contributed by atoms with van der Waals surface area (Å²) in [5, 5.41) is 16.5. The number of anilines is 1. The summed E-state index contributed by atoms with van der Waals surface area (Å²) in [4.78, 5) is 19.3. The number of hydrogen-bond donors (Lipinski definition) is 2. The maximum absolute atomic E-state index is 11.0. The highest BCUT2D eigenvalue weighted by Crippen LogP contribution is 2.28. The van der Waals surface area contributed by atoms with Crippen LogP contribution >= 0.6 is 0 Å². The number of carbonyl (C=O) groups is 1. The van der Waals surface area contributed by atoms with Crippen LogP contribution in [0, 0.1) is 12.8 Å². The number of nitrogens with zero attached hydrogens (tertiary/aromatic N) is 4. The Morgan fingerprint density at radius 1 is 1.53 bits per heavy atom. The number of fused-ring (bicyclic) bond motifs is 1. The first-order valence-electron chi connectivity index (χ1n) is 6.30. The second kappa shape index (κ2) is 4.49.